The van der Waals surface area contributed by atoms with Crippen molar-refractivity contribution >= 4 is 45.4 Å². The molecule has 0 aliphatic carbocycles. The van der Waals surface area contributed by atoms with Gasteiger partial charge in [-0.2, -0.15) is 8.42 Å². The van der Waals surface area contributed by atoms with E-state index in [9.17, 15) is 37.8 Å². The topological polar surface area (TPSA) is 237 Å². The standard InChI is InChI=1S/C28H28N4O6.CH4O3S/c1-15(2)13-23(28(37)38)32-25(33)17-9-12-20(22(14-17)27(35)36)19-5-3-4-6-21(19)26(34)31-18-10-7-16(8-11-18)24(29)30;1-5(2,3)4/h3-12,14-15,23H,13H2,1-2H3,(H3,29,30)(H,31,34)(H,32,33)(H,35,36)(H,37,38);1H3,(H,2,3,4)/t23-;/m0./s1. The van der Waals surface area contributed by atoms with E-state index in [1.54, 1.807) is 48.5 Å². The van der Waals surface area contributed by atoms with E-state index in [-0.39, 0.29) is 40.4 Å². The highest BCUT2D eigenvalue weighted by Gasteiger charge is 2.24. The Morgan fingerprint density at radius 3 is 1.91 bits per heavy atom. The maximum Gasteiger partial charge on any atom is 0.336 e. The van der Waals surface area contributed by atoms with E-state index in [2.05, 4.69) is 10.6 Å². The molecule has 0 saturated heterocycles. The van der Waals surface area contributed by atoms with E-state index < -0.39 is 39.9 Å². The number of carbonyl (C=O) groups is 4. The van der Waals surface area contributed by atoms with Gasteiger partial charge in [-0.15, -0.1) is 0 Å². The van der Waals surface area contributed by atoms with Gasteiger partial charge in [0.25, 0.3) is 21.9 Å². The number of hydrogen-bond donors (Lipinski definition) is 7. The van der Waals surface area contributed by atoms with Crippen LogP contribution in [-0.2, 0) is 14.9 Å². The van der Waals surface area contributed by atoms with Crippen LogP contribution in [0.5, 0.6) is 0 Å². The number of nitrogen functional groups attached to an aromatic ring is 1. The average Bonchev–Trinajstić information content (AvgIpc) is 2.91. The Morgan fingerprint density at radius 1 is 0.860 bits per heavy atom. The van der Waals surface area contributed by atoms with E-state index in [4.69, 9.17) is 15.7 Å². The third kappa shape index (κ3) is 10.7. The first-order valence-corrected chi connectivity index (χ1v) is 14.5. The van der Waals surface area contributed by atoms with Gasteiger partial charge in [0, 0.05) is 22.4 Å². The maximum atomic E-state index is 13.1. The number of hydrogen-bond acceptors (Lipinski definition) is 7. The molecule has 0 unspecified atom stereocenters. The van der Waals surface area contributed by atoms with Gasteiger partial charge >= 0.3 is 11.9 Å². The lowest BCUT2D eigenvalue weighted by molar-refractivity contribution is -0.139. The van der Waals surface area contributed by atoms with Crippen molar-refractivity contribution in [2.24, 2.45) is 11.7 Å². The lowest BCUT2D eigenvalue weighted by Crippen LogP contribution is -2.41. The molecule has 0 aromatic heterocycles. The first-order valence-electron chi connectivity index (χ1n) is 12.7. The van der Waals surface area contributed by atoms with Gasteiger partial charge < -0.3 is 26.6 Å². The molecule has 8 N–H and O–H groups in total. The van der Waals surface area contributed by atoms with E-state index in [1.807, 2.05) is 13.8 Å². The molecule has 0 heterocycles. The van der Waals surface area contributed by atoms with Crippen molar-refractivity contribution in [1.29, 1.82) is 5.41 Å². The number of carboxylic acids is 2. The SMILES string of the molecule is CC(C)C[C@H](NC(=O)c1ccc(-c2ccccc2C(=O)Nc2ccc(C(=N)N)cc2)c(C(=O)O)c1)C(=O)O.CS(=O)(=O)O. The summed E-state index contributed by atoms with van der Waals surface area (Å²) in [4.78, 5) is 49.6. The highest BCUT2D eigenvalue weighted by atomic mass is 32.2. The molecule has 0 aliphatic heterocycles. The fourth-order valence-corrected chi connectivity index (χ4v) is 3.88. The summed E-state index contributed by atoms with van der Waals surface area (Å²) in [6.07, 6.45) is 0.928. The Morgan fingerprint density at radius 2 is 1.40 bits per heavy atom. The van der Waals surface area contributed by atoms with Gasteiger partial charge in [0.05, 0.1) is 11.8 Å². The summed E-state index contributed by atoms with van der Waals surface area (Å²) in [6, 6.07) is 15.7. The van der Waals surface area contributed by atoms with Crippen molar-refractivity contribution in [3.8, 4) is 11.1 Å². The Balaban J connectivity index is 0.00000119. The molecule has 0 spiro atoms. The summed E-state index contributed by atoms with van der Waals surface area (Å²) in [6.45, 7) is 3.66. The highest BCUT2D eigenvalue weighted by Crippen LogP contribution is 2.29. The lowest BCUT2D eigenvalue weighted by Gasteiger charge is -2.17. The van der Waals surface area contributed by atoms with Crippen LogP contribution in [0.15, 0.2) is 66.7 Å². The van der Waals surface area contributed by atoms with Crippen LogP contribution in [0.25, 0.3) is 11.1 Å². The maximum absolute atomic E-state index is 13.1. The van der Waals surface area contributed by atoms with Gasteiger partial charge in [-0.25, -0.2) is 9.59 Å². The second kappa shape index (κ2) is 14.7. The number of carboxylic acid groups (broad SMARTS) is 2. The van der Waals surface area contributed by atoms with Gasteiger partial charge in [-0.05, 0) is 65.9 Å². The van der Waals surface area contributed by atoms with Crippen molar-refractivity contribution in [2.75, 3.05) is 11.6 Å². The summed E-state index contributed by atoms with van der Waals surface area (Å²) < 4.78 is 25.9. The number of amidine groups is 1. The van der Waals surface area contributed by atoms with Crippen LogP contribution >= 0.6 is 0 Å². The molecular formula is C29H32N4O9S. The molecule has 1 atom stereocenters. The zero-order valence-electron chi connectivity index (χ0n) is 23.5. The third-order valence-corrected chi connectivity index (χ3v) is 5.74. The number of benzene rings is 3. The predicted molar refractivity (Wildman–Crippen MR) is 160 cm³/mol. The molecule has 0 radical (unpaired) electrons. The summed E-state index contributed by atoms with van der Waals surface area (Å²) in [7, 11) is -3.67. The molecule has 0 aliphatic rings. The molecular weight excluding hydrogens is 580 g/mol. The van der Waals surface area contributed by atoms with Crippen LogP contribution < -0.4 is 16.4 Å². The zero-order chi connectivity index (χ0) is 32.5. The Labute approximate surface area is 248 Å². The molecule has 13 nitrogen and oxygen atoms in total. The van der Waals surface area contributed by atoms with Gasteiger partial charge in [0.1, 0.15) is 11.9 Å². The Bertz CT molecular complexity index is 1630. The summed E-state index contributed by atoms with van der Waals surface area (Å²) in [5, 5.41) is 32.0. The van der Waals surface area contributed by atoms with Gasteiger partial charge in [0.15, 0.2) is 0 Å². The number of carbonyl (C=O) groups excluding carboxylic acids is 2. The number of nitrogens with one attached hydrogen (secondary N) is 3. The van der Waals surface area contributed by atoms with Crippen molar-refractivity contribution in [2.45, 2.75) is 26.3 Å². The number of rotatable bonds is 10. The fourth-order valence-electron chi connectivity index (χ4n) is 3.88. The molecule has 3 aromatic carbocycles. The van der Waals surface area contributed by atoms with Gasteiger partial charge in [-0.1, -0.05) is 38.1 Å². The average molecular weight is 613 g/mol. The van der Waals surface area contributed by atoms with Crippen LogP contribution in [0.3, 0.4) is 0 Å². The zero-order valence-corrected chi connectivity index (χ0v) is 24.3. The van der Waals surface area contributed by atoms with Crippen molar-refractivity contribution in [1.82, 2.24) is 5.32 Å². The molecule has 3 aromatic rings. The van der Waals surface area contributed by atoms with Crippen molar-refractivity contribution < 1.29 is 42.4 Å². The van der Waals surface area contributed by atoms with Crippen LogP contribution in [-0.4, -0.2) is 65.1 Å². The normalized spacial score (nSPS) is 11.5. The number of anilines is 1. The summed E-state index contributed by atoms with van der Waals surface area (Å²) in [5.41, 5.74) is 6.91. The molecule has 43 heavy (non-hydrogen) atoms. The first kappa shape index (κ1) is 34.1. The number of nitrogens with two attached hydrogens (primary N) is 1. The smallest absolute Gasteiger partial charge is 0.336 e. The summed E-state index contributed by atoms with van der Waals surface area (Å²) >= 11 is 0. The molecule has 2 amide bonds. The lowest BCUT2D eigenvalue weighted by atomic mass is 9.93. The third-order valence-electron chi connectivity index (χ3n) is 5.74. The minimum atomic E-state index is -3.67. The van der Waals surface area contributed by atoms with Crippen molar-refractivity contribution in [3.05, 3.63) is 89.0 Å². The number of amides is 2. The molecule has 3 rings (SSSR count). The fraction of sp³-hybridized carbons (Fsp3) is 0.207. The predicted octanol–water partition coefficient (Wildman–Crippen LogP) is 3.32. The first-order chi connectivity index (χ1) is 20.0. The number of aliphatic carboxylic acids is 1. The van der Waals surface area contributed by atoms with E-state index >= 15 is 0 Å². The molecule has 0 saturated carbocycles. The van der Waals surface area contributed by atoms with Crippen LogP contribution in [0.2, 0.25) is 0 Å². The molecule has 0 fully saturated rings. The summed E-state index contributed by atoms with van der Waals surface area (Å²) in [5.74, 6) is -3.80. The van der Waals surface area contributed by atoms with Crippen LogP contribution in [0.4, 0.5) is 5.69 Å². The van der Waals surface area contributed by atoms with Crippen LogP contribution in [0, 0.1) is 11.3 Å². The Hall–Kier alpha value is -5.08. The quantitative estimate of drug-likeness (QED) is 0.100. The highest BCUT2D eigenvalue weighted by molar-refractivity contribution is 7.85. The van der Waals surface area contributed by atoms with E-state index in [0.29, 0.717) is 23.1 Å². The Kier molecular flexibility index (Phi) is 11.7. The molecule has 0 bridgehead atoms. The monoisotopic (exact) mass is 612 g/mol. The minimum absolute atomic E-state index is 0.0167. The van der Waals surface area contributed by atoms with Crippen molar-refractivity contribution in [3.63, 3.8) is 0 Å². The molecule has 228 valence electrons. The van der Waals surface area contributed by atoms with Gasteiger partial charge in [-0.3, -0.25) is 19.6 Å². The van der Waals surface area contributed by atoms with E-state index in [0.717, 1.165) is 6.07 Å². The second-order valence-electron chi connectivity index (χ2n) is 9.78. The second-order valence-corrected chi connectivity index (χ2v) is 11.2. The van der Waals surface area contributed by atoms with Gasteiger partial charge in [0.2, 0.25) is 0 Å². The van der Waals surface area contributed by atoms with E-state index in [1.165, 1.54) is 12.1 Å². The largest absolute Gasteiger partial charge is 0.480 e. The van der Waals surface area contributed by atoms with Crippen LogP contribution in [0.1, 0.15) is 56.9 Å². The number of aromatic carboxylic acids is 1. The minimum Gasteiger partial charge on any atom is -0.480 e. The molecule has 14 heteroatoms.